The van der Waals surface area contributed by atoms with Crippen LogP contribution in [0, 0.1) is 0 Å². The zero-order chi connectivity index (χ0) is 23.5. The number of fused-ring (bicyclic) bond motifs is 1. The SMILES string of the molecule is CCC(c1nc2ccccc2c(=O)n1CCOC)N(C)C(=O)c1cccc(C(F)(F)F)c1. The van der Waals surface area contributed by atoms with Crippen molar-refractivity contribution < 1.29 is 22.7 Å². The number of amides is 1. The Kier molecular flexibility index (Phi) is 6.98. The van der Waals surface area contributed by atoms with Gasteiger partial charge in [0, 0.05) is 19.7 Å². The van der Waals surface area contributed by atoms with Gasteiger partial charge in [-0.2, -0.15) is 13.2 Å². The van der Waals surface area contributed by atoms with Crippen LogP contribution in [0.25, 0.3) is 10.9 Å². The van der Waals surface area contributed by atoms with Gasteiger partial charge in [-0.1, -0.05) is 25.1 Å². The second-order valence-electron chi connectivity index (χ2n) is 7.36. The number of hydrogen-bond acceptors (Lipinski definition) is 4. The minimum atomic E-state index is -4.56. The monoisotopic (exact) mass is 447 g/mol. The van der Waals surface area contributed by atoms with Gasteiger partial charge in [-0.25, -0.2) is 4.98 Å². The van der Waals surface area contributed by atoms with E-state index in [4.69, 9.17) is 4.74 Å². The molecule has 0 aliphatic rings. The topological polar surface area (TPSA) is 64.4 Å². The van der Waals surface area contributed by atoms with Gasteiger partial charge in [-0.15, -0.1) is 0 Å². The first-order valence-electron chi connectivity index (χ1n) is 10.1. The highest BCUT2D eigenvalue weighted by Gasteiger charge is 2.32. The molecule has 1 unspecified atom stereocenters. The van der Waals surface area contributed by atoms with Gasteiger partial charge < -0.3 is 9.64 Å². The molecule has 0 radical (unpaired) electrons. The number of methoxy groups -OCH3 is 1. The molecule has 3 rings (SSSR count). The van der Waals surface area contributed by atoms with Crippen LogP contribution in [0.3, 0.4) is 0 Å². The van der Waals surface area contributed by atoms with E-state index in [0.29, 0.717) is 23.1 Å². The maximum Gasteiger partial charge on any atom is 0.416 e. The Hall–Kier alpha value is -3.20. The van der Waals surface area contributed by atoms with Gasteiger partial charge in [-0.05, 0) is 36.8 Å². The lowest BCUT2D eigenvalue weighted by molar-refractivity contribution is -0.137. The Morgan fingerprint density at radius 3 is 2.56 bits per heavy atom. The van der Waals surface area contributed by atoms with E-state index in [0.717, 1.165) is 12.1 Å². The number of halogens is 3. The predicted octanol–water partition coefficient (Wildman–Crippen LogP) is 4.29. The van der Waals surface area contributed by atoms with Gasteiger partial charge in [0.2, 0.25) is 0 Å². The highest BCUT2D eigenvalue weighted by molar-refractivity contribution is 5.94. The van der Waals surface area contributed by atoms with Crippen LogP contribution in [0.1, 0.15) is 41.1 Å². The predicted molar refractivity (Wildman–Crippen MR) is 114 cm³/mol. The number of benzene rings is 2. The summed E-state index contributed by atoms with van der Waals surface area (Å²) >= 11 is 0. The Balaban J connectivity index is 2.07. The Morgan fingerprint density at radius 2 is 1.91 bits per heavy atom. The van der Waals surface area contributed by atoms with Crippen LogP contribution in [0.4, 0.5) is 13.2 Å². The van der Waals surface area contributed by atoms with E-state index < -0.39 is 23.7 Å². The van der Waals surface area contributed by atoms with Gasteiger partial charge in [0.1, 0.15) is 5.82 Å². The molecule has 1 atom stereocenters. The summed E-state index contributed by atoms with van der Waals surface area (Å²) in [6.45, 7) is 2.31. The van der Waals surface area contributed by atoms with Crippen molar-refractivity contribution in [2.75, 3.05) is 20.8 Å². The smallest absolute Gasteiger partial charge is 0.383 e. The lowest BCUT2D eigenvalue weighted by atomic mass is 10.1. The van der Waals surface area contributed by atoms with Crippen molar-refractivity contribution in [3.05, 3.63) is 75.8 Å². The zero-order valence-corrected chi connectivity index (χ0v) is 18.0. The number of nitrogens with zero attached hydrogens (tertiary/aromatic N) is 3. The van der Waals surface area contributed by atoms with Gasteiger partial charge in [0.05, 0.1) is 35.7 Å². The number of rotatable bonds is 7. The number of hydrogen-bond donors (Lipinski definition) is 0. The van der Waals surface area contributed by atoms with Crippen LogP contribution in [-0.4, -0.2) is 41.1 Å². The number of alkyl halides is 3. The molecule has 0 spiro atoms. The molecule has 0 aliphatic heterocycles. The second-order valence-corrected chi connectivity index (χ2v) is 7.36. The first kappa shape index (κ1) is 23.5. The highest BCUT2D eigenvalue weighted by atomic mass is 19.4. The van der Waals surface area contributed by atoms with Crippen molar-refractivity contribution in [3.8, 4) is 0 Å². The molecule has 0 bridgehead atoms. The average molecular weight is 447 g/mol. The molecule has 32 heavy (non-hydrogen) atoms. The van der Waals surface area contributed by atoms with Crippen LogP contribution < -0.4 is 5.56 Å². The minimum Gasteiger partial charge on any atom is -0.383 e. The number of ether oxygens (including phenoxy) is 1. The summed E-state index contributed by atoms with van der Waals surface area (Å²) in [6.07, 6.45) is -4.15. The van der Waals surface area contributed by atoms with Gasteiger partial charge in [0.25, 0.3) is 11.5 Å². The van der Waals surface area contributed by atoms with Crippen LogP contribution in [0.2, 0.25) is 0 Å². The van der Waals surface area contributed by atoms with Gasteiger partial charge in [0.15, 0.2) is 0 Å². The third-order valence-electron chi connectivity index (χ3n) is 5.32. The Bertz CT molecular complexity index is 1170. The highest BCUT2D eigenvalue weighted by Crippen LogP contribution is 2.30. The summed E-state index contributed by atoms with van der Waals surface area (Å²) < 4.78 is 45.9. The zero-order valence-electron chi connectivity index (χ0n) is 18.0. The van der Waals surface area contributed by atoms with Crippen LogP contribution in [0.15, 0.2) is 53.3 Å². The molecule has 1 amide bonds. The molecule has 3 aromatic rings. The van der Waals surface area contributed by atoms with Crippen LogP contribution >= 0.6 is 0 Å². The quantitative estimate of drug-likeness (QED) is 0.542. The van der Waals surface area contributed by atoms with Gasteiger partial charge >= 0.3 is 6.18 Å². The van der Waals surface area contributed by atoms with E-state index in [1.165, 1.54) is 35.8 Å². The van der Waals surface area contributed by atoms with E-state index in [2.05, 4.69) is 4.98 Å². The summed E-state index contributed by atoms with van der Waals surface area (Å²) in [5.74, 6) is -0.236. The summed E-state index contributed by atoms with van der Waals surface area (Å²) in [5, 5.41) is 0.439. The number of carbonyl (C=O) groups excluding carboxylic acids is 1. The fourth-order valence-electron chi connectivity index (χ4n) is 3.64. The third kappa shape index (κ3) is 4.67. The molecule has 0 aliphatic carbocycles. The Morgan fingerprint density at radius 1 is 1.19 bits per heavy atom. The third-order valence-corrected chi connectivity index (χ3v) is 5.32. The molecule has 1 heterocycles. The lowest BCUT2D eigenvalue weighted by Gasteiger charge is -2.29. The summed E-state index contributed by atoms with van der Waals surface area (Å²) in [6, 6.07) is 10.5. The number of carbonyl (C=O) groups is 1. The fourth-order valence-corrected chi connectivity index (χ4v) is 3.64. The van der Waals surface area contributed by atoms with Crippen molar-refractivity contribution in [3.63, 3.8) is 0 Å². The maximum atomic E-state index is 13.1. The summed E-state index contributed by atoms with van der Waals surface area (Å²) in [7, 11) is 3.01. The van der Waals surface area contributed by atoms with Crippen LogP contribution in [0.5, 0.6) is 0 Å². The molecule has 6 nitrogen and oxygen atoms in total. The van der Waals surface area contributed by atoms with E-state index in [9.17, 15) is 22.8 Å². The maximum absolute atomic E-state index is 13.1. The second kappa shape index (κ2) is 9.52. The number of aromatic nitrogens is 2. The van der Waals surface area contributed by atoms with Crippen molar-refractivity contribution in [1.82, 2.24) is 14.5 Å². The molecule has 0 saturated carbocycles. The largest absolute Gasteiger partial charge is 0.416 e. The number of para-hydroxylation sites is 1. The van der Waals surface area contributed by atoms with Crippen LogP contribution in [-0.2, 0) is 17.5 Å². The van der Waals surface area contributed by atoms with Crippen molar-refractivity contribution in [2.45, 2.75) is 32.1 Å². The Labute approximate surface area is 183 Å². The van der Waals surface area contributed by atoms with Gasteiger partial charge in [-0.3, -0.25) is 14.2 Å². The van der Waals surface area contributed by atoms with Crippen molar-refractivity contribution in [1.29, 1.82) is 0 Å². The molecule has 9 heteroatoms. The fraction of sp³-hybridized carbons (Fsp3) is 0.348. The van der Waals surface area contributed by atoms with E-state index in [1.54, 1.807) is 24.3 Å². The molecule has 1 aromatic heterocycles. The first-order valence-corrected chi connectivity index (χ1v) is 10.1. The molecule has 170 valence electrons. The summed E-state index contributed by atoms with van der Waals surface area (Å²) in [4.78, 5) is 32.2. The van der Waals surface area contributed by atoms with E-state index in [-0.39, 0.29) is 24.3 Å². The van der Waals surface area contributed by atoms with E-state index >= 15 is 0 Å². The molecule has 2 aromatic carbocycles. The van der Waals surface area contributed by atoms with Crippen molar-refractivity contribution >= 4 is 16.8 Å². The van der Waals surface area contributed by atoms with E-state index in [1.807, 2.05) is 6.92 Å². The minimum absolute atomic E-state index is 0.0904. The molecule has 0 fully saturated rings. The molecule has 0 saturated heterocycles. The summed E-state index contributed by atoms with van der Waals surface area (Å²) in [5.41, 5.74) is -0.765. The molecular formula is C23H24F3N3O3. The van der Waals surface area contributed by atoms with Crippen molar-refractivity contribution in [2.24, 2.45) is 0 Å². The standard InChI is InChI=1S/C23H24F3N3O3/c1-4-19(28(2)21(30)15-8-7-9-16(14-15)23(24,25)26)20-27-18-11-6-5-10-17(18)22(31)29(20)12-13-32-3/h5-11,14,19H,4,12-13H2,1-3H3. The molecule has 0 N–H and O–H groups in total. The first-order chi connectivity index (χ1) is 15.2. The normalized spacial score (nSPS) is 12.7. The molecular weight excluding hydrogens is 423 g/mol. The average Bonchev–Trinajstić information content (AvgIpc) is 2.78. The lowest BCUT2D eigenvalue weighted by Crippen LogP contribution is -2.37.